The molecule has 0 amide bonds. The number of nitrogens with zero attached hydrogens (tertiary/aromatic N) is 2. The van der Waals surface area contributed by atoms with Gasteiger partial charge in [-0.2, -0.15) is 0 Å². The second-order valence-corrected chi connectivity index (χ2v) is 5.91. The van der Waals surface area contributed by atoms with E-state index in [0.29, 0.717) is 5.92 Å². The molecule has 0 radical (unpaired) electrons. The van der Waals surface area contributed by atoms with E-state index >= 15 is 0 Å². The molecule has 4 heteroatoms. The van der Waals surface area contributed by atoms with Crippen LogP contribution >= 0.6 is 27.3 Å². The van der Waals surface area contributed by atoms with Gasteiger partial charge in [0.25, 0.3) is 0 Å². The van der Waals surface area contributed by atoms with Crippen LogP contribution in [0.5, 0.6) is 0 Å². The molecule has 1 aromatic rings. The fourth-order valence-corrected chi connectivity index (χ4v) is 3.69. The predicted octanol–water partition coefficient (Wildman–Crippen LogP) is 3.76. The molecule has 0 bridgehead atoms. The molecular formula is C11H17BrN2S. The van der Waals surface area contributed by atoms with Crippen LogP contribution in [0, 0.1) is 0 Å². The molecule has 84 valence electrons. The van der Waals surface area contributed by atoms with E-state index in [2.05, 4.69) is 34.7 Å². The van der Waals surface area contributed by atoms with E-state index in [0.717, 1.165) is 5.33 Å². The maximum atomic E-state index is 4.78. The highest BCUT2D eigenvalue weighted by atomic mass is 79.9. The average Bonchev–Trinajstić information content (AvgIpc) is 2.86. The first-order valence-corrected chi connectivity index (χ1v) is 7.46. The van der Waals surface area contributed by atoms with Gasteiger partial charge in [-0.3, -0.25) is 0 Å². The Kier molecular flexibility index (Phi) is 3.67. The highest BCUT2D eigenvalue weighted by Crippen LogP contribution is 2.33. The number of halogens is 1. The maximum absolute atomic E-state index is 4.78. The average molecular weight is 289 g/mol. The number of thiazole rings is 1. The molecule has 0 aliphatic carbocycles. The van der Waals surface area contributed by atoms with Gasteiger partial charge < -0.3 is 4.90 Å². The predicted molar refractivity (Wildman–Crippen MR) is 70.3 cm³/mol. The molecule has 1 fully saturated rings. The molecule has 0 atom stereocenters. The zero-order valence-electron chi connectivity index (χ0n) is 9.29. The number of rotatable bonds is 3. The molecule has 0 saturated carbocycles. The SMILES string of the molecule is CC(C)c1nc(N2CCCC2)sc1CBr. The van der Waals surface area contributed by atoms with E-state index in [9.17, 15) is 0 Å². The number of anilines is 1. The van der Waals surface area contributed by atoms with Gasteiger partial charge >= 0.3 is 0 Å². The van der Waals surface area contributed by atoms with Crippen LogP contribution in [0.25, 0.3) is 0 Å². The molecule has 0 spiro atoms. The number of alkyl halides is 1. The monoisotopic (exact) mass is 288 g/mol. The Morgan fingerprint density at radius 1 is 1.40 bits per heavy atom. The van der Waals surface area contributed by atoms with Crippen molar-refractivity contribution in [2.24, 2.45) is 0 Å². The standard InChI is InChI=1S/C11H17BrN2S/c1-8(2)10-9(7-12)15-11(13-10)14-5-3-4-6-14/h8H,3-7H2,1-2H3. The van der Waals surface area contributed by atoms with Crippen molar-refractivity contribution in [3.8, 4) is 0 Å². The highest BCUT2D eigenvalue weighted by molar-refractivity contribution is 9.08. The highest BCUT2D eigenvalue weighted by Gasteiger charge is 2.19. The number of aromatic nitrogens is 1. The van der Waals surface area contributed by atoms with Gasteiger partial charge in [0.05, 0.1) is 5.69 Å². The minimum atomic E-state index is 0.533. The first-order chi connectivity index (χ1) is 7.22. The van der Waals surface area contributed by atoms with E-state index in [1.807, 2.05) is 11.3 Å². The van der Waals surface area contributed by atoms with Crippen molar-refractivity contribution in [3.63, 3.8) is 0 Å². The fraction of sp³-hybridized carbons (Fsp3) is 0.727. The van der Waals surface area contributed by atoms with Crippen molar-refractivity contribution in [2.45, 2.75) is 37.9 Å². The molecule has 2 heterocycles. The van der Waals surface area contributed by atoms with Crippen LogP contribution in [0.15, 0.2) is 0 Å². The van der Waals surface area contributed by atoms with Gasteiger partial charge in [0.1, 0.15) is 0 Å². The summed E-state index contributed by atoms with van der Waals surface area (Å²) in [6.07, 6.45) is 2.64. The Morgan fingerprint density at radius 2 is 2.07 bits per heavy atom. The molecule has 2 rings (SSSR count). The summed E-state index contributed by atoms with van der Waals surface area (Å²) in [6, 6.07) is 0. The first kappa shape index (κ1) is 11.4. The van der Waals surface area contributed by atoms with Gasteiger partial charge in [-0.25, -0.2) is 4.98 Å². The molecule has 1 aliphatic rings. The smallest absolute Gasteiger partial charge is 0.185 e. The van der Waals surface area contributed by atoms with Crippen molar-refractivity contribution in [2.75, 3.05) is 18.0 Å². The molecule has 0 unspecified atom stereocenters. The minimum Gasteiger partial charge on any atom is -0.348 e. The third-order valence-electron chi connectivity index (χ3n) is 2.76. The van der Waals surface area contributed by atoms with Crippen LogP contribution in [-0.2, 0) is 5.33 Å². The third kappa shape index (κ3) is 2.36. The topological polar surface area (TPSA) is 16.1 Å². The lowest BCUT2D eigenvalue weighted by atomic mass is 10.1. The Hall–Kier alpha value is -0.0900. The zero-order valence-corrected chi connectivity index (χ0v) is 11.7. The van der Waals surface area contributed by atoms with Crippen LogP contribution in [0.3, 0.4) is 0 Å². The lowest BCUT2D eigenvalue weighted by molar-refractivity contribution is 0.817. The van der Waals surface area contributed by atoms with Crippen molar-refractivity contribution >= 4 is 32.4 Å². The lowest BCUT2D eigenvalue weighted by Gasteiger charge is -2.12. The normalized spacial score (nSPS) is 16.7. The summed E-state index contributed by atoms with van der Waals surface area (Å²) >= 11 is 5.40. The Labute approximate surface area is 104 Å². The van der Waals surface area contributed by atoms with E-state index in [1.54, 1.807) is 0 Å². The Bertz CT molecular complexity index is 329. The maximum Gasteiger partial charge on any atom is 0.185 e. The van der Waals surface area contributed by atoms with E-state index in [4.69, 9.17) is 4.98 Å². The Balaban J connectivity index is 2.25. The minimum absolute atomic E-state index is 0.533. The quantitative estimate of drug-likeness (QED) is 0.788. The molecule has 1 aromatic heterocycles. The second-order valence-electron chi connectivity index (χ2n) is 4.29. The molecule has 15 heavy (non-hydrogen) atoms. The summed E-state index contributed by atoms with van der Waals surface area (Å²) in [7, 11) is 0. The van der Waals surface area contributed by atoms with Gasteiger partial charge in [0.2, 0.25) is 0 Å². The van der Waals surface area contributed by atoms with Crippen molar-refractivity contribution in [3.05, 3.63) is 10.6 Å². The number of hydrogen-bond acceptors (Lipinski definition) is 3. The van der Waals surface area contributed by atoms with Gasteiger partial charge in [-0.15, -0.1) is 11.3 Å². The van der Waals surface area contributed by atoms with E-state index in [-0.39, 0.29) is 0 Å². The van der Waals surface area contributed by atoms with E-state index in [1.165, 1.54) is 41.6 Å². The zero-order chi connectivity index (χ0) is 10.8. The molecule has 1 aliphatic heterocycles. The van der Waals surface area contributed by atoms with Crippen LogP contribution in [-0.4, -0.2) is 18.1 Å². The molecule has 2 nitrogen and oxygen atoms in total. The lowest BCUT2D eigenvalue weighted by Crippen LogP contribution is -2.17. The summed E-state index contributed by atoms with van der Waals surface area (Å²) in [5.74, 6) is 0.533. The third-order valence-corrected chi connectivity index (χ3v) is 4.82. The van der Waals surface area contributed by atoms with Crippen molar-refractivity contribution < 1.29 is 0 Å². The molecule has 0 N–H and O–H groups in total. The van der Waals surface area contributed by atoms with Crippen molar-refractivity contribution in [1.82, 2.24) is 4.98 Å². The van der Waals surface area contributed by atoms with Gasteiger partial charge in [-0.05, 0) is 18.8 Å². The van der Waals surface area contributed by atoms with Crippen molar-refractivity contribution in [1.29, 1.82) is 0 Å². The summed E-state index contributed by atoms with van der Waals surface area (Å²) in [5.41, 5.74) is 1.28. The largest absolute Gasteiger partial charge is 0.348 e. The van der Waals surface area contributed by atoms with Crippen LogP contribution < -0.4 is 4.90 Å². The van der Waals surface area contributed by atoms with Gasteiger partial charge in [0.15, 0.2) is 5.13 Å². The van der Waals surface area contributed by atoms with Crippen LogP contribution in [0.4, 0.5) is 5.13 Å². The van der Waals surface area contributed by atoms with Crippen LogP contribution in [0.1, 0.15) is 43.2 Å². The molecule has 1 saturated heterocycles. The summed E-state index contributed by atoms with van der Waals surface area (Å²) in [4.78, 5) is 8.59. The molecule has 0 aromatic carbocycles. The van der Waals surface area contributed by atoms with Crippen LogP contribution in [0.2, 0.25) is 0 Å². The summed E-state index contributed by atoms with van der Waals surface area (Å²) < 4.78 is 0. The van der Waals surface area contributed by atoms with E-state index < -0.39 is 0 Å². The van der Waals surface area contributed by atoms with Gasteiger partial charge in [0, 0.05) is 23.3 Å². The fourth-order valence-electron chi connectivity index (χ4n) is 1.94. The number of hydrogen-bond donors (Lipinski definition) is 0. The first-order valence-electron chi connectivity index (χ1n) is 5.53. The Morgan fingerprint density at radius 3 is 2.53 bits per heavy atom. The summed E-state index contributed by atoms with van der Waals surface area (Å²) in [6.45, 7) is 6.81. The second kappa shape index (κ2) is 4.83. The van der Waals surface area contributed by atoms with Gasteiger partial charge in [-0.1, -0.05) is 29.8 Å². The summed E-state index contributed by atoms with van der Waals surface area (Å²) in [5, 5.41) is 2.16. The molecular weight excluding hydrogens is 272 g/mol.